The molecule has 3 aromatic carbocycles. The molecule has 3 nitrogen and oxygen atoms in total. The Bertz CT molecular complexity index is 1160. The van der Waals surface area contributed by atoms with Crippen molar-refractivity contribution in [3.05, 3.63) is 107 Å². The second-order valence-electron chi connectivity index (χ2n) is 8.90. The van der Waals surface area contributed by atoms with E-state index in [0.29, 0.717) is 12.1 Å². The van der Waals surface area contributed by atoms with Crippen LogP contribution in [0.1, 0.15) is 42.3 Å². The molecule has 0 saturated carbocycles. The minimum Gasteiger partial charge on any atom is -0.284 e. The van der Waals surface area contributed by atoms with Gasteiger partial charge in [-0.2, -0.15) is 0 Å². The Balaban J connectivity index is 1.63. The maximum atomic E-state index is 13.6. The maximum absolute atomic E-state index is 13.6. The minimum atomic E-state index is -0.0182. The number of rotatable bonds is 6. The van der Waals surface area contributed by atoms with Crippen LogP contribution in [-0.2, 0) is 11.8 Å². The summed E-state index contributed by atoms with van der Waals surface area (Å²) in [5.74, 6) is -0.0182. The predicted octanol–water partition coefficient (Wildman–Crippen LogP) is 7.00. The minimum absolute atomic E-state index is 0.0182. The van der Waals surface area contributed by atoms with Crippen molar-refractivity contribution in [3.63, 3.8) is 0 Å². The SMILES string of the molecule is CC(C)(C)c1ccc(C(=O)N(CCc2ccccc2)c2nc(-c3ccccc3)cs2)cc1. The van der Waals surface area contributed by atoms with E-state index in [1.165, 1.54) is 22.5 Å². The molecular weight excluding hydrogens is 412 g/mol. The van der Waals surface area contributed by atoms with Crippen molar-refractivity contribution in [2.45, 2.75) is 32.6 Å². The van der Waals surface area contributed by atoms with Crippen LogP contribution < -0.4 is 4.90 Å². The molecule has 0 aliphatic carbocycles. The van der Waals surface area contributed by atoms with Gasteiger partial charge in [-0.3, -0.25) is 9.69 Å². The highest BCUT2D eigenvalue weighted by molar-refractivity contribution is 7.14. The van der Waals surface area contributed by atoms with Crippen molar-refractivity contribution in [2.75, 3.05) is 11.4 Å². The first-order valence-electron chi connectivity index (χ1n) is 10.9. The lowest BCUT2D eigenvalue weighted by atomic mass is 9.86. The van der Waals surface area contributed by atoms with Gasteiger partial charge in [0.05, 0.1) is 5.69 Å². The Kier molecular flexibility index (Phi) is 6.52. The molecule has 1 aromatic heterocycles. The third kappa shape index (κ3) is 5.14. The highest BCUT2D eigenvalue weighted by Gasteiger charge is 2.22. The van der Waals surface area contributed by atoms with Gasteiger partial charge >= 0.3 is 0 Å². The molecule has 0 aliphatic rings. The van der Waals surface area contributed by atoms with Gasteiger partial charge in [0.25, 0.3) is 5.91 Å². The first kappa shape index (κ1) is 22.0. The third-order valence-corrected chi connectivity index (χ3v) is 6.37. The second-order valence-corrected chi connectivity index (χ2v) is 9.74. The molecule has 0 radical (unpaired) electrons. The van der Waals surface area contributed by atoms with Gasteiger partial charge in [0.1, 0.15) is 0 Å². The van der Waals surface area contributed by atoms with E-state index in [9.17, 15) is 4.79 Å². The van der Waals surface area contributed by atoms with Gasteiger partial charge in [-0.05, 0) is 35.1 Å². The normalized spacial score (nSPS) is 11.3. The lowest BCUT2D eigenvalue weighted by Gasteiger charge is -2.22. The molecule has 0 bridgehead atoms. The van der Waals surface area contributed by atoms with Crippen LogP contribution in [0.2, 0.25) is 0 Å². The Morgan fingerprint density at radius 1 is 0.875 bits per heavy atom. The number of thiazole rings is 1. The van der Waals surface area contributed by atoms with Crippen LogP contribution in [0.25, 0.3) is 11.3 Å². The fraction of sp³-hybridized carbons (Fsp3) is 0.214. The van der Waals surface area contributed by atoms with Gasteiger partial charge in [0.15, 0.2) is 5.13 Å². The average Bonchev–Trinajstić information content (AvgIpc) is 3.30. The standard InChI is InChI=1S/C28H28N2OS/c1-28(2,3)24-16-14-23(15-17-24)26(31)30(19-18-21-10-6-4-7-11-21)27-29-25(20-32-27)22-12-8-5-9-13-22/h4-17,20H,18-19H2,1-3H3. The van der Waals surface area contributed by atoms with Crippen molar-refractivity contribution in [2.24, 2.45) is 0 Å². The van der Waals surface area contributed by atoms with E-state index in [1.807, 2.05) is 70.9 Å². The number of hydrogen-bond donors (Lipinski definition) is 0. The van der Waals surface area contributed by atoms with Crippen molar-refractivity contribution in [1.29, 1.82) is 0 Å². The number of benzene rings is 3. The lowest BCUT2D eigenvalue weighted by Crippen LogP contribution is -2.33. The number of anilines is 1. The van der Waals surface area contributed by atoms with Gasteiger partial charge in [-0.1, -0.05) is 93.6 Å². The fourth-order valence-electron chi connectivity index (χ4n) is 3.57. The summed E-state index contributed by atoms with van der Waals surface area (Å²) in [5.41, 5.74) is 5.10. The van der Waals surface area contributed by atoms with E-state index in [0.717, 1.165) is 22.8 Å². The zero-order chi connectivity index (χ0) is 22.6. The van der Waals surface area contributed by atoms with E-state index in [2.05, 4.69) is 45.0 Å². The summed E-state index contributed by atoms with van der Waals surface area (Å²) < 4.78 is 0. The van der Waals surface area contributed by atoms with Crippen LogP contribution in [0.3, 0.4) is 0 Å². The Morgan fingerprint density at radius 3 is 2.12 bits per heavy atom. The highest BCUT2D eigenvalue weighted by Crippen LogP contribution is 2.29. The highest BCUT2D eigenvalue weighted by atomic mass is 32.1. The molecule has 1 heterocycles. The van der Waals surface area contributed by atoms with Crippen LogP contribution in [-0.4, -0.2) is 17.4 Å². The van der Waals surface area contributed by atoms with Crippen LogP contribution in [0.15, 0.2) is 90.3 Å². The summed E-state index contributed by atoms with van der Waals surface area (Å²) >= 11 is 1.51. The van der Waals surface area contributed by atoms with Gasteiger partial charge < -0.3 is 0 Å². The zero-order valence-corrected chi connectivity index (χ0v) is 19.6. The summed E-state index contributed by atoms with van der Waals surface area (Å²) in [6, 6.07) is 28.3. The first-order chi connectivity index (χ1) is 15.4. The molecule has 0 atom stereocenters. The summed E-state index contributed by atoms with van der Waals surface area (Å²) in [5, 5.41) is 2.75. The molecule has 0 saturated heterocycles. The largest absolute Gasteiger partial charge is 0.284 e. The molecule has 0 aliphatic heterocycles. The van der Waals surface area contributed by atoms with Crippen LogP contribution in [0.4, 0.5) is 5.13 Å². The fourth-order valence-corrected chi connectivity index (χ4v) is 4.43. The monoisotopic (exact) mass is 440 g/mol. The topological polar surface area (TPSA) is 33.2 Å². The molecule has 0 N–H and O–H groups in total. The zero-order valence-electron chi connectivity index (χ0n) is 18.8. The number of hydrogen-bond acceptors (Lipinski definition) is 3. The molecule has 4 rings (SSSR count). The molecule has 4 heteroatoms. The third-order valence-electron chi connectivity index (χ3n) is 5.50. The van der Waals surface area contributed by atoms with Crippen molar-refractivity contribution < 1.29 is 4.79 Å². The lowest BCUT2D eigenvalue weighted by molar-refractivity contribution is 0.0987. The van der Waals surface area contributed by atoms with E-state index in [1.54, 1.807) is 0 Å². The summed E-state index contributed by atoms with van der Waals surface area (Å²) in [4.78, 5) is 20.2. The Morgan fingerprint density at radius 2 is 1.50 bits per heavy atom. The number of carbonyl (C=O) groups excluding carboxylic acids is 1. The molecule has 1 amide bonds. The van der Waals surface area contributed by atoms with E-state index < -0.39 is 0 Å². The van der Waals surface area contributed by atoms with Crippen LogP contribution in [0, 0.1) is 0 Å². The van der Waals surface area contributed by atoms with Gasteiger partial charge in [0, 0.05) is 23.1 Å². The molecule has 0 fully saturated rings. The smallest absolute Gasteiger partial charge is 0.260 e. The maximum Gasteiger partial charge on any atom is 0.260 e. The Hall–Kier alpha value is -3.24. The van der Waals surface area contributed by atoms with Crippen LogP contribution >= 0.6 is 11.3 Å². The van der Waals surface area contributed by atoms with E-state index >= 15 is 0 Å². The van der Waals surface area contributed by atoms with E-state index in [4.69, 9.17) is 4.98 Å². The van der Waals surface area contributed by atoms with Crippen molar-refractivity contribution in [1.82, 2.24) is 4.98 Å². The predicted molar refractivity (Wildman–Crippen MR) is 135 cm³/mol. The number of carbonyl (C=O) groups is 1. The van der Waals surface area contributed by atoms with Crippen molar-refractivity contribution in [3.8, 4) is 11.3 Å². The summed E-state index contributed by atoms with van der Waals surface area (Å²) in [7, 11) is 0. The summed E-state index contributed by atoms with van der Waals surface area (Å²) in [6.07, 6.45) is 0.771. The van der Waals surface area contributed by atoms with Crippen LogP contribution in [0.5, 0.6) is 0 Å². The van der Waals surface area contributed by atoms with Gasteiger partial charge in [0.2, 0.25) is 0 Å². The molecule has 32 heavy (non-hydrogen) atoms. The molecule has 0 spiro atoms. The van der Waals surface area contributed by atoms with E-state index in [-0.39, 0.29) is 11.3 Å². The second kappa shape index (κ2) is 9.49. The number of nitrogens with zero attached hydrogens (tertiary/aromatic N) is 2. The molecule has 0 unspecified atom stereocenters. The first-order valence-corrected chi connectivity index (χ1v) is 11.8. The quantitative estimate of drug-likeness (QED) is 0.323. The molecule has 162 valence electrons. The molecular formula is C28H28N2OS. The van der Waals surface area contributed by atoms with Gasteiger partial charge in [-0.15, -0.1) is 11.3 Å². The number of amides is 1. The number of aromatic nitrogens is 1. The molecule has 4 aromatic rings. The van der Waals surface area contributed by atoms with Crippen molar-refractivity contribution >= 4 is 22.4 Å². The average molecular weight is 441 g/mol. The van der Waals surface area contributed by atoms with Gasteiger partial charge in [-0.25, -0.2) is 4.98 Å². The summed E-state index contributed by atoms with van der Waals surface area (Å²) in [6.45, 7) is 7.11. The Labute approximate surface area is 194 Å².